The van der Waals surface area contributed by atoms with E-state index in [4.69, 9.17) is 21.9 Å². The van der Waals surface area contributed by atoms with Crippen LogP contribution in [0.15, 0.2) is 51.5 Å². The van der Waals surface area contributed by atoms with Crippen molar-refractivity contribution in [3.05, 3.63) is 57.8 Å². The minimum atomic E-state index is -0.505. The van der Waals surface area contributed by atoms with Gasteiger partial charge in [0.25, 0.3) is 5.89 Å². The second kappa shape index (κ2) is 6.50. The van der Waals surface area contributed by atoms with Crippen LogP contribution in [0.5, 0.6) is 0 Å². The molecule has 2 heterocycles. The van der Waals surface area contributed by atoms with Gasteiger partial charge in [0.15, 0.2) is 11.5 Å². The van der Waals surface area contributed by atoms with Crippen LogP contribution in [0.4, 0.5) is 10.2 Å². The maximum Gasteiger partial charge on any atom is 0.282 e. The van der Waals surface area contributed by atoms with Gasteiger partial charge in [-0.2, -0.15) is 9.67 Å². The molecule has 7 nitrogen and oxygen atoms in total. The molecule has 0 atom stereocenters. The van der Waals surface area contributed by atoms with Crippen molar-refractivity contribution in [3.8, 4) is 28.7 Å². The molecule has 0 aliphatic heterocycles. The summed E-state index contributed by atoms with van der Waals surface area (Å²) in [5.41, 5.74) is 7.09. The van der Waals surface area contributed by atoms with Crippen LogP contribution in [-0.4, -0.2) is 25.1 Å². The highest BCUT2D eigenvalue weighted by atomic mass is 79.9. The lowest BCUT2D eigenvalue weighted by Gasteiger charge is -2.04. The van der Waals surface area contributed by atoms with Crippen molar-refractivity contribution in [3.63, 3.8) is 0 Å². The van der Waals surface area contributed by atoms with Gasteiger partial charge in [-0.15, -0.1) is 5.10 Å². The molecule has 2 aromatic carbocycles. The molecule has 0 fully saturated rings. The van der Waals surface area contributed by atoms with E-state index in [2.05, 4.69) is 36.4 Å². The third-order valence-corrected chi connectivity index (χ3v) is 4.32. The molecule has 10 heteroatoms. The SMILES string of the molecule is Nc1c(-c2nc(-c3ccc(Cl)cc3)no2)nnn1-c1ccc(Br)cc1F. The molecule has 26 heavy (non-hydrogen) atoms. The molecule has 2 N–H and O–H groups in total. The van der Waals surface area contributed by atoms with Crippen molar-refractivity contribution in [2.24, 2.45) is 0 Å². The van der Waals surface area contributed by atoms with E-state index < -0.39 is 5.82 Å². The van der Waals surface area contributed by atoms with Crippen LogP contribution in [-0.2, 0) is 0 Å². The monoisotopic (exact) mass is 434 g/mol. The molecule has 0 saturated heterocycles. The summed E-state index contributed by atoms with van der Waals surface area (Å²) in [6, 6.07) is 11.5. The quantitative estimate of drug-likeness (QED) is 0.520. The van der Waals surface area contributed by atoms with E-state index in [1.165, 1.54) is 16.8 Å². The number of nitrogens with zero attached hydrogens (tertiary/aromatic N) is 5. The minimum absolute atomic E-state index is 0.0798. The molecule has 0 radical (unpaired) electrons. The fourth-order valence-corrected chi connectivity index (χ4v) is 2.77. The molecule has 0 aliphatic rings. The van der Waals surface area contributed by atoms with Gasteiger partial charge < -0.3 is 10.3 Å². The molecule has 0 aliphatic carbocycles. The van der Waals surface area contributed by atoms with Crippen molar-refractivity contribution in [1.82, 2.24) is 25.1 Å². The summed E-state index contributed by atoms with van der Waals surface area (Å²) in [6.07, 6.45) is 0. The average molecular weight is 436 g/mol. The van der Waals surface area contributed by atoms with Gasteiger partial charge in [0.2, 0.25) is 5.82 Å². The van der Waals surface area contributed by atoms with Gasteiger partial charge in [-0.1, -0.05) is 37.9 Å². The number of hydrogen-bond acceptors (Lipinski definition) is 6. The molecular formula is C16H9BrClFN6O. The van der Waals surface area contributed by atoms with E-state index in [1.807, 2.05) is 0 Å². The summed E-state index contributed by atoms with van der Waals surface area (Å²) in [5, 5.41) is 12.3. The second-order valence-electron chi connectivity index (χ2n) is 5.26. The molecular weight excluding hydrogens is 427 g/mol. The van der Waals surface area contributed by atoms with Gasteiger partial charge in [-0.3, -0.25) is 0 Å². The largest absolute Gasteiger partial charge is 0.382 e. The Labute approximate surface area is 159 Å². The van der Waals surface area contributed by atoms with Crippen LogP contribution < -0.4 is 5.73 Å². The van der Waals surface area contributed by atoms with Crippen molar-refractivity contribution < 1.29 is 8.91 Å². The van der Waals surface area contributed by atoms with Crippen LogP contribution in [0, 0.1) is 5.82 Å². The Bertz CT molecular complexity index is 1090. The Kier molecular flexibility index (Phi) is 4.17. The molecule has 4 aromatic rings. The van der Waals surface area contributed by atoms with E-state index in [0.717, 1.165) is 0 Å². The molecule has 0 saturated carbocycles. The second-order valence-corrected chi connectivity index (χ2v) is 6.61. The van der Waals surface area contributed by atoms with Gasteiger partial charge in [0, 0.05) is 15.1 Å². The number of nitrogen functional groups attached to an aromatic ring is 1. The Morgan fingerprint density at radius 1 is 1.15 bits per heavy atom. The molecule has 0 amide bonds. The first kappa shape index (κ1) is 16.7. The van der Waals surface area contributed by atoms with Gasteiger partial charge in [-0.05, 0) is 42.5 Å². The Morgan fingerprint density at radius 3 is 2.65 bits per heavy atom. The molecule has 130 valence electrons. The highest BCUT2D eigenvalue weighted by molar-refractivity contribution is 9.10. The standard InChI is InChI=1S/C16H9BrClFN6O/c17-9-3-6-12(11(19)7-9)25-14(20)13(22-24-25)16-21-15(23-26-16)8-1-4-10(18)5-2-8/h1-7H,20H2. The number of benzene rings is 2. The highest BCUT2D eigenvalue weighted by Gasteiger charge is 2.21. The van der Waals surface area contributed by atoms with Gasteiger partial charge in [0.1, 0.15) is 11.5 Å². The van der Waals surface area contributed by atoms with Crippen LogP contribution in [0.25, 0.3) is 28.7 Å². The van der Waals surface area contributed by atoms with Crippen LogP contribution in [0.1, 0.15) is 0 Å². The van der Waals surface area contributed by atoms with E-state index in [9.17, 15) is 4.39 Å². The number of hydrogen-bond donors (Lipinski definition) is 1. The molecule has 4 rings (SSSR count). The first-order chi connectivity index (χ1) is 12.5. The first-order valence-corrected chi connectivity index (χ1v) is 8.46. The molecule has 0 unspecified atom stereocenters. The number of anilines is 1. The predicted molar refractivity (Wildman–Crippen MR) is 97.2 cm³/mol. The fourth-order valence-electron chi connectivity index (χ4n) is 2.31. The lowest BCUT2D eigenvalue weighted by Crippen LogP contribution is -2.04. The first-order valence-electron chi connectivity index (χ1n) is 7.29. The summed E-state index contributed by atoms with van der Waals surface area (Å²) >= 11 is 9.07. The highest BCUT2D eigenvalue weighted by Crippen LogP contribution is 2.28. The molecule has 0 spiro atoms. The third-order valence-electron chi connectivity index (χ3n) is 3.57. The normalized spacial score (nSPS) is 11.0. The lowest BCUT2D eigenvalue weighted by atomic mass is 10.2. The summed E-state index contributed by atoms with van der Waals surface area (Å²) in [6.45, 7) is 0. The summed E-state index contributed by atoms with van der Waals surface area (Å²) in [4.78, 5) is 4.27. The fraction of sp³-hybridized carbons (Fsp3) is 0. The van der Waals surface area contributed by atoms with E-state index in [0.29, 0.717) is 20.9 Å². The zero-order chi connectivity index (χ0) is 18.3. The predicted octanol–water partition coefficient (Wildman–Crippen LogP) is 4.12. The van der Waals surface area contributed by atoms with Crippen molar-refractivity contribution in [2.45, 2.75) is 0 Å². The Balaban J connectivity index is 1.72. The zero-order valence-corrected chi connectivity index (χ0v) is 15.2. The summed E-state index contributed by atoms with van der Waals surface area (Å²) in [5.74, 6) is 0.00379. The number of halogens is 3. The maximum absolute atomic E-state index is 14.1. The van der Waals surface area contributed by atoms with Crippen LogP contribution in [0.2, 0.25) is 5.02 Å². The number of rotatable bonds is 3. The summed E-state index contributed by atoms with van der Waals surface area (Å²) < 4.78 is 21.1. The maximum atomic E-state index is 14.1. The molecule has 0 bridgehead atoms. The smallest absolute Gasteiger partial charge is 0.282 e. The average Bonchev–Trinajstić information content (AvgIpc) is 3.23. The van der Waals surface area contributed by atoms with Gasteiger partial charge >= 0.3 is 0 Å². The number of nitrogens with two attached hydrogens (primary N) is 1. The number of aromatic nitrogens is 5. The van der Waals surface area contributed by atoms with Crippen molar-refractivity contribution in [2.75, 3.05) is 5.73 Å². The third kappa shape index (κ3) is 2.95. The Morgan fingerprint density at radius 2 is 1.92 bits per heavy atom. The summed E-state index contributed by atoms with van der Waals surface area (Å²) in [7, 11) is 0. The molecule has 2 aromatic heterocycles. The van der Waals surface area contributed by atoms with Crippen molar-refractivity contribution in [1.29, 1.82) is 0 Å². The van der Waals surface area contributed by atoms with Crippen LogP contribution in [0.3, 0.4) is 0 Å². The van der Waals surface area contributed by atoms with Crippen LogP contribution >= 0.6 is 27.5 Å². The van der Waals surface area contributed by atoms with E-state index >= 15 is 0 Å². The van der Waals surface area contributed by atoms with E-state index in [1.54, 1.807) is 30.3 Å². The van der Waals surface area contributed by atoms with Gasteiger partial charge in [0.05, 0.1) is 0 Å². The Hall–Kier alpha value is -2.78. The topological polar surface area (TPSA) is 95.7 Å². The minimum Gasteiger partial charge on any atom is -0.382 e. The lowest BCUT2D eigenvalue weighted by molar-refractivity contribution is 0.431. The zero-order valence-electron chi connectivity index (χ0n) is 12.9. The van der Waals surface area contributed by atoms with Crippen molar-refractivity contribution >= 4 is 33.3 Å². The van der Waals surface area contributed by atoms with Gasteiger partial charge in [-0.25, -0.2) is 4.39 Å². The van der Waals surface area contributed by atoms with E-state index in [-0.39, 0.29) is 23.1 Å².